The zero-order valence-electron chi connectivity index (χ0n) is 11.7. The lowest BCUT2D eigenvalue weighted by Crippen LogP contribution is -2.34. The summed E-state index contributed by atoms with van der Waals surface area (Å²) in [6, 6.07) is 4.88. The van der Waals surface area contributed by atoms with Crippen molar-refractivity contribution in [1.82, 2.24) is 4.31 Å². The van der Waals surface area contributed by atoms with E-state index in [1.807, 2.05) is 0 Å². The van der Waals surface area contributed by atoms with Crippen molar-refractivity contribution in [1.29, 1.82) is 0 Å². The smallest absolute Gasteiger partial charge is 0.243 e. The van der Waals surface area contributed by atoms with Gasteiger partial charge in [0, 0.05) is 18.6 Å². The predicted octanol–water partition coefficient (Wildman–Crippen LogP) is 2.43. The van der Waals surface area contributed by atoms with Crippen LogP contribution in [0.15, 0.2) is 23.1 Å². The van der Waals surface area contributed by atoms with E-state index in [1.165, 1.54) is 4.31 Å². The highest BCUT2D eigenvalue weighted by Crippen LogP contribution is 2.29. The molecule has 2 rings (SSSR count). The number of hydrogen-bond acceptors (Lipinski definition) is 3. The van der Waals surface area contributed by atoms with Gasteiger partial charge in [0.25, 0.3) is 0 Å². The lowest BCUT2D eigenvalue weighted by atomic mass is 10.1. The molecule has 1 aromatic rings. The molecule has 4 nitrogen and oxygen atoms in total. The van der Waals surface area contributed by atoms with E-state index in [0.29, 0.717) is 17.1 Å². The van der Waals surface area contributed by atoms with Crippen molar-refractivity contribution in [3.63, 3.8) is 0 Å². The van der Waals surface area contributed by atoms with E-state index in [0.717, 1.165) is 19.3 Å². The van der Waals surface area contributed by atoms with Crippen LogP contribution in [0.1, 0.15) is 24.8 Å². The summed E-state index contributed by atoms with van der Waals surface area (Å²) in [6.07, 6.45) is 2.19. The Morgan fingerprint density at radius 2 is 2.10 bits per heavy atom. The van der Waals surface area contributed by atoms with Crippen LogP contribution in [0.3, 0.4) is 0 Å². The fraction of sp³-hybridized carbons (Fsp3) is 0.571. The summed E-state index contributed by atoms with van der Waals surface area (Å²) in [6.45, 7) is 2.04. The van der Waals surface area contributed by atoms with Gasteiger partial charge in [0.2, 0.25) is 10.0 Å². The van der Waals surface area contributed by atoms with E-state index < -0.39 is 16.1 Å². The minimum Gasteiger partial charge on any atom is -0.393 e. The van der Waals surface area contributed by atoms with Crippen molar-refractivity contribution in [2.75, 3.05) is 13.6 Å². The van der Waals surface area contributed by atoms with Gasteiger partial charge in [-0.3, -0.25) is 0 Å². The molecule has 1 aliphatic rings. The van der Waals surface area contributed by atoms with Gasteiger partial charge >= 0.3 is 0 Å². The Hall–Kier alpha value is -0.620. The van der Waals surface area contributed by atoms with Crippen molar-refractivity contribution in [3.8, 4) is 0 Å². The molecule has 0 heterocycles. The van der Waals surface area contributed by atoms with Crippen molar-refractivity contribution < 1.29 is 13.5 Å². The number of halogens is 1. The Labute approximate surface area is 125 Å². The molecule has 0 amide bonds. The van der Waals surface area contributed by atoms with Gasteiger partial charge in [-0.1, -0.05) is 24.1 Å². The molecule has 0 aliphatic heterocycles. The average molecular weight is 318 g/mol. The minimum absolute atomic E-state index is 0.0225. The van der Waals surface area contributed by atoms with Crippen molar-refractivity contribution >= 4 is 21.6 Å². The van der Waals surface area contributed by atoms with E-state index in [-0.39, 0.29) is 10.8 Å². The third-order valence-corrected chi connectivity index (χ3v) is 6.39. The molecule has 1 aromatic carbocycles. The van der Waals surface area contributed by atoms with Gasteiger partial charge in [-0.05, 0) is 43.4 Å². The molecule has 2 atom stereocenters. The number of aliphatic hydroxyl groups is 1. The summed E-state index contributed by atoms with van der Waals surface area (Å²) in [5.41, 5.74) is 0.563. The maximum absolute atomic E-state index is 12.6. The van der Waals surface area contributed by atoms with Gasteiger partial charge in [-0.15, -0.1) is 0 Å². The molecule has 1 saturated carbocycles. The summed E-state index contributed by atoms with van der Waals surface area (Å²) in [4.78, 5) is 0.236. The second-order valence-corrected chi connectivity index (χ2v) is 7.83. The fourth-order valence-corrected chi connectivity index (χ4v) is 4.40. The Morgan fingerprint density at radius 3 is 2.70 bits per heavy atom. The van der Waals surface area contributed by atoms with Crippen LogP contribution in [0.2, 0.25) is 5.02 Å². The Kier molecular flexibility index (Phi) is 4.74. The minimum atomic E-state index is -3.57. The first-order chi connectivity index (χ1) is 9.34. The number of benzene rings is 1. The van der Waals surface area contributed by atoms with Gasteiger partial charge in [-0.25, -0.2) is 12.7 Å². The summed E-state index contributed by atoms with van der Waals surface area (Å²) >= 11 is 6.00. The Bertz CT molecular complexity index is 588. The number of hydrogen-bond donors (Lipinski definition) is 1. The van der Waals surface area contributed by atoms with Crippen molar-refractivity contribution in [2.45, 2.75) is 37.2 Å². The van der Waals surface area contributed by atoms with Gasteiger partial charge in [0.1, 0.15) is 0 Å². The molecule has 6 heteroatoms. The number of nitrogens with zero attached hydrogens (tertiary/aromatic N) is 1. The zero-order chi connectivity index (χ0) is 14.9. The van der Waals surface area contributed by atoms with E-state index in [4.69, 9.17) is 11.6 Å². The van der Waals surface area contributed by atoms with Gasteiger partial charge in [0.15, 0.2) is 0 Å². The maximum atomic E-state index is 12.6. The second-order valence-electron chi connectivity index (χ2n) is 5.41. The molecule has 0 saturated heterocycles. The average Bonchev–Trinajstić information content (AvgIpc) is 2.78. The number of sulfonamides is 1. The molecule has 0 spiro atoms. The Balaban J connectivity index is 2.23. The van der Waals surface area contributed by atoms with Crippen LogP contribution in [0, 0.1) is 12.8 Å². The van der Waals surface area contributed by atoms with Crippen LogP contribution in [-0.2, 0) is 10.0 Å². The predicted molar refractivity (Wildman–Crippen MR) is 79.4 cm³/mol. The summed E-state index contributed by atoms with van der Waals surface area (Å²) in [7, 11) is -2.01. The first-order valence-electron chi connectivity index (χ1n) is 6.73. The largest absolute Gasteiger partial charge is 0.393 e. The Morgan fingerprint density at radius 1 is 1.40 bits per heavy atom. The van der Waals surface area contributed by atoms with Crippen LogP contribution < -0.4 is 0 Å². The third kappa shape index (κ3) is 3.01. The molecular formula is C14H20ClNO3S. The monoisotopic (exact) mass is 317 g/mol. The topological polar surface area (TPSA) is 57.6 Å². The maximum Gasteiger partial charge on any atom is 0.243 e. The first kappa shape index (κ1) is 15.8. The normalized spacial score (nSPS) is 23.4. The van der Waals surface area contributed by atoms with Crippen LogP contribution in [0.5, 0.6) is 0 Å². The molecule has 1 fully saturated rings. The second kappa shape index (κ2) is 6.02. The lowest BCUT2D eigenvalue weighted by Gasteiger charge is -2.23. The van der Waals surface area contributed by atoms with E-state index in [1.54, 1.807) is 32.2 Å². The molecule has 0 bridgehead atoms. The molecule has 2 unspecified atom stereocenters. The standard InChI is InChI=1S/C14H20ClNO3S/c1-10-12(15)6-4-8-14(10)20(18,19)16(2)9-11-5-3-7-13(11)17/h4,6,8,11,13,17H,3,5,7,9H2,1-2H3. The van der Waals surface area contributed by atoms with Gasteiger partial charge in [0.05, 0.1) is 11.0 Å². The molecule has 20 heavy (non-hydrogen) atoms. The van der Waals surface area contributed by atoms with Crippen molar-refractivity contribution in [2.24, 2.45) is 5.92 Å². The van der Waals surface area contributed by atoms with Crippen LogP contribution in [-0.4, -0.2) is 37.5 Å². The first-order valence-corrected chi connectivity index (χ1v) is 8.55. The third-order valence-electron chi connectivity index (χ3n) is 4.02. The highest BCUT2D eigenvalue weighted by molar-refractivity contribution is 7.89. The molecule has 1 N–H and O–H groups in total. The highest BCUT2D eigenvalue weighted by Gasteiger charge is 2.31. The van der Waals surface area contributed by atoms with Gasteiger partial charge in [-0.2, -0.15) is 0 Å². The SMILES string of the molecule is Cc1c(Cl)cccc1S(=O)(=O)N(C)CC1CCCC1O. The van der Waals surface area contributed by atoms with Crippen LogP contribution >= 0.6 is 11.6 Å². The van der Waals surface area contributed by atoms with Crippen molar-refractivity contribution in [3.05, 3.63) is 28.8 Å². The highest BCUT2D eigenvalue weighted by atomic mass is 35.5. The van der Waals surface area contributed by atoms with E-state index in [2.05, 4.69) is 0 Å². The molecule has 1 aliphatic carbocycles. The molecule has 112 valence electrons. The fourth-order valence-electron chi connectivity index (χ4n) is 2.69. The number of rotatable bonds is 4. The van der Waals surface area contributed by atoms with Crippen LogP contribution in [0.4, 0.5) is 0 Å². The molecule has 0 aromatic heterocycles. The zero-order valence-corrected chi connectivity index (χ0v) is 13.3. The van der Waals surface area contributed by atoms with Crippen LogP contribution in [0.25, 0.3) is 0 Å². The van der Waals surface area contributed by atoms with E-state index >= 15 is 0 Å². The van der Waals surface area contributed by atoms with Gasteiger partial charge < -0.3 is 5.11 Å². The lowest BCUT2D eigenvalue weighted by molar-refractivity contribution is 0.123. The quantitative estimate of drug-likeness (QED) is 0.928. The summed E-state index contributed by atoms with van der Waals surface area (Å²) in [5, 5.41) is 10.3. The molecule has 0 radical (unpaired) electrons. The molecular weight excluding hydrogens is 298 g/mol. The summed E-state index contributed by atoms with van der Waals surface area (Å²) < 4.78 is 26.5. The van der Waals surface area contributed by atoms with E-state index in [9.17, 15) is 13.5 Å². The number of aliphatic hydroxyl groups excluding tert-OH is 1. The summed E-state index contributed by atoms with van der Waals surface area (Å²) in [5.74, 6) is 0.0225.